The van der Waals surface area contributed by atoms with E-state index in [-0.39, 0.29) is 18.9 Å². The molecule has 6 nitrogen and oxygen atoms in total. The predicted octanol–water partition coefficient (Wildman–Crippen LogP) is 4.01. The molecule has 1 aromatic heterocycles. The molecule has 0 aliphatic carbocycles. The van der Waals surface area contributed by atoms with Gasteiger partial charge in [-0.3, -0.25) is 9.59 Å². The summed E-state index contributed by atoms with van der Waals surface area (Å²) in [6.45, 7) is 4.32. The van der Waals surface area contributed by atoms with E-state index in [4.69, 9.17) is 9.15 Å². The van der Waals surface area contributed by atoms with Crippen LogP contribution in [0.5, 0.6) is 0 Å². The average molecular weight is 419 g/mol. The lowest BCUT2D eigenvalue weighted by molar-refractivity contribution is -0.149. The number of benzene rings is 2. The number of hydrogen-bond donors (Lipinski definition) is 0. The van der Waals surface area contributed by atoms with Crippen LogP contribution in [0.2, 0.25) is 0 Å². The first kappa shape index (κ1) is 20.8. The van der Waals surface area contributed by atoms with E-state index in [9.17, 15) is 14.4 Å². The molecule has 2 aromatic carbocycles. The standard InChI is InChI=1S/C25H25NO5/c1-3-16-9-10-20-19(13-24(28)31-22(20)11-16)15-30-25(29)18-12-23(27)26(14-18)21-8-6-5-7-17(21)4-2/h5-11,13,18H,3-4,12,14-15H2,1-2H3. The van der Waals surface area contributed by atoms with E-state index in [0.717, 1.165) is 35.0 Å². The minimum Gasteiger partial charge on any atom is -0.461 e. The second kappa shape index (κ2) is 8.76. The Morgan fingerprint density at radius 1 is 1.06 bits per heavy atom. The third-order valence-electron chi connectivity index (χ3n) is 5.79. The minimum atomic E-state index is -0.532. The summed E-state index contributed by atoms with van der Waals surface area (Å²) in [5.41, 5.74) is 3.57. The number of fused-ring (bicyclic) bond motifs is 1. The van der Waals surface area contributed by atoms with Crippen LogP contribution in [0.1, 0.15) is 37.0 Å². The van der Waals surface area contributed by atoms with Gasteiger partial charge in [-0.2, -0.15) is 0 Å². The number of hydrogen-bond acceptors (Lipinski definition) is 5. The summed E-state index contributed by atoms with van der Waals surface area (Å²) in [6.07, 6.45) is 1.75. The van der Waals surface area contributed by atoms with E-state index in [0.29, 0.717) is 17.7 Å². The van der Waals surface area contributed by atoms with Crippen molar-refractivity contribution >= 4 is 28.5 Å². The molecule has 160 valence electrons. The van der Waals surface area contributed by atoms with Crippen LogP contribution in [0.15, 0.2) is 57.7 Å². The number of aryl methyl sites for hydroxylation is 2. The van der Waals surface area contributed by atoms with Gasteiger partial charge in [-0.25, -0.2) is 4.79 Å². The Hall–Kier alpha value is -3.41. The van der Waals surface area contributed by atoms with Crippen molar-refractivity contribution in [3.63, 3.8) is 0 Å². The lowest BCUT2D eigenvalue weighted by Crippen LogP contribution is -2.27. The summed E-state index contributed by atoms with van der Waals surface area (Å²) >= 11 is 0. The molecule has 3 aromatic rings. The van der Waals surface area contributed by atoms with Crippen molar-refractivity contribution in [3.05, 3.63) is 75.6 Å². The summed E-state index contributed by atoms with van der Waals surface area (Å²) in [6, 6.07) is 14.8. The van der Waals surface area contributed by atoms with E-state index in [2.05, 4.69) is 0 Å². The van der Waals surface area contributed by atoms with Gasteiger partial charge in [-0.15, -0.1) is 0 Å². The molecule has 0 bridgehead atoms. The SMILES string of the molecule is CCc1ccc2c(COC(=O)C3CC(=O)N(c4ccccc4CC)C3)cc(=O)oc2c1. The zero-order chi connectivity index (χ0) is 22.0. The van der Waals surface area contributed by atoms with E-state index in [1.54, 1.807) is 4.90 Å². The maximum atomic E-state index is 12.7. The van der Waals surface area contributed by atoms with Gasteiger partial charge in [0.15, 0.2) is 0 Å². The second-order valence-corrected chi connectivity index (χ2v) is 7.77. The molecule has 1 amide bonds. The van der Waals surface area contributed by atoms with Crippen LogP contribution in [0.4, 0.5) is 5.69 Å². The van der Waals surface area contributed by atoms with Crippen LogP contribution in [0, 0.1) is 5.92 Å². The number of ether oxygens (including phenoxy) is 1. The number of esters is 1. The molecule has 0 saturated carbocycles. The number of amides is 1. The minimum absolute atomic E-state index is 0.0390. The third kappa shape index (κ3) is 4.24. The molecule has 1 unspecified atom stereocenters. The molecule has 0 spiro atoms. The molecule has 31 heavy (non-hydrogen) atoms. The number of carbonyl (C=O) groups excluding carboxylic acids is 2. The number of anilines is 1. The lowest BCUT2D eigenvalue weighted by atomic mass is 10.1. The normalized spacial score (nSPS) is 16.1. The van der Waals surface area contributed by atoms with E-state index in [1.807, 2.05) is 56.3 Å². The molecule has 2 heterocycles. The number of nitrogens with zero attached hydrogens (tertiary/aromatic N) is 1. The first-order valence-corrected chi connectivity index (χ1v) is 10.6. The number of carbonyl (C=O) groups is 2. The molecule has 1 aliphatic rings. The van der Waals surface area contributed by atoms with Gasteiger partial charge in [0.1, 0.15) is 12.2 Å². The number of rotatable bonds is 6. The molecule has 0 N–H and O–H groups in total. The Morgan fingerprint density at radius 2 is 1.87 bits per heavy atom. The summed E-state index contributed by atoms with van der Waals surface area (Å²) < 4.78 is 10.8. The molecule has 1 aliphatic heterocycles. The predicted molar refractivity (Wildman–Crippen MR) is 118 cm³/mol. The van der Waals surface area contributed by atoms with Crippen molar-refractivity contribution in [1.82, 2.24) is 0 Å². The zero-order valence-electron chi connectivity index (χ0n) is 17.7. The first-order valence-electron chi connectivity index (χ1n) is 10.6. The van der Waals surface area contributed by atoms with Gasteiger partial charge in [0.25, 0.3) is 0 Å². The Labute approximate surface area is 180 Å². The Kier molecular flexibility index (Phi) is 5.89. The van der Waals surface area contributed by atoms with Gasteiger partial charge >= 0.3 is 11.6 Å². The highest BCUT2D eigenvalue weighted by atomic mass is 16.5. The zero-order valence-corrected chi connectivity index (χ0v) is 17.7. The van der Waals surface area contributed by atoms with Gasteiger partial charge in [-0.1, -0.05) is 44.2 Å². The molecule has 1 atom stereocenters. The molecular formula is C25H25NO5. The summed E-state index contributed by atoms with van der Waals surface area (Å²) in [7, 11) is 0. The van der Waals surface area contributed by atoms with Crippen molar-refractivity contribution in [2.75, 3.05) is 11.4 Å². The molecule has 0 radical (unpaired) electrons. The van der Waals surface area contributed by atoms with E-state index in [1.165, 1.54) is 6.07 Å². The highest BCUT2D eigenvalue weighted by Gasteiger charge is 2.36. The van der Waals surface area contributed by atoms with Crippen molar-refractivity contribution in [1.29, 1.82) is 0 Å². The maximum absolute atomic E-state index is 12.7. The quantitative estimate of drug-likeness (QED) is 0.446. The molecule has 4 rings (SSSR count). The van der Waals surface area contributed by atoms with Crippen molar-refractivity contribution in [2.45, 2.75) is 39.7 Å². The third-order valence-corrected chi connectivity index (χ3v) is 5.79. The van der Waals surface area contributed by atoms with E-state index < -0.39 is 17.5 Å². The van der Waals surface area contributed by atoms with Crippen molar-refractivity contribution in [3.8, 4) is 0 Å². The first-order chi connectivity index (χ1) is 15.0. The van der Waals surface area contributed by atoms with E-state index >= 15 is 0 Å². The highest BCUT2D eigenvalue weighted by Crippen LogP contribution is 2.29. The van der Waals surface area contributed by atoms with Gasteiger partial charge in [-0.05, 0) is 36.1 Å². The molecule has 6 heteroatoms. The topological polar surface area (TPSA) is 76.8 Å². The Bertz CT molecular complexity index is 1200. The lowest BCUT2D eigenvalue weighted by Gasteiger charge is -2.19. The second-order valence-electron chi connectivity index (χ2n) is 7.77. The van der Waals surface area contributed by atoms with Crippen molar-refractivity contribution in [2.24, 2.45) is 5.92 Å². The fourth-order valence-electron chi connectivity index (χ4n) is 4.05. The fraction of sp³-hybridized carbons (Fsp3) is 0.320. The van der Waals surface area contributed by atoms with Crippen LogP contribution in [0.3, 0.4) is 0 Å². The molecule has 1 saturated heterocycles. The highest BCUT2D eigenvalue weighted by molar-refractivity contribution is 6.00. The average Bonchev–Trinajstić information content (AvgIpc) is 3.18. The van der Waals surface area contributed by atoms with Crippen LogP contribution in [-0.2, 0) is 33.8 Å². The molecule has 1 fully saturated rings. The van der Waals surface area contributed by atoms with Gasteiger partial charge < -0.3 is 14.1 Å². The van der Waals surface area contributed by atoms with Crippen LogP contribution in [-0.4, -0.2) is 18.4 Å². The van der Waals surface area contributed by atoms with Gasteiger partial charge in [0.2, 0.25) is 5.91 Å². The van der Waals surface area contributed by atoms with Crippen molar-refractivity contribution < 1.29 is 18.7 Å². The van der Waals surface area contributed by atoms with Crippen LogP contribution >= 0.6 is 0 Å². The van der Waals surface area contributed by atoms with Gasteiger partial charge in [0, 0.05) is 35.7 Å². The molecular weight excluding hydrogens is 394 g/mol. The largest absolute Gasteiger partial charge is 0.461 e. The smallest absolute Gasteiger partial charge is 0.336 e. The number of para-hydroxylation sites is 1. The van der Waals surface area contributed by atoms with Crippen LogP contribution < -0.4 is 10.5 Å². The Balaban J connectivity index is 1.48. The fourth-order valence-corrected chi connectivity index (χ4v) is 4.05. The Morgan fingerprint density at radius 3 is 2.65 bits per heavy atom. The van der Waals surface area contributed by atoms with Crippen LogP contribution in [0.25, 0.3) is 11.0 Å². The monoisotopic (exact) mass is 419 g/mol. The summed E-state index contributed by atoms with van der Waals surface area (Å²) in [5.74, 6) is -1.05. The summed E-state index contributed by atoms with van der Waals surface area (Å²) in [4.78, 5) is 38.9. The maximum Gasteiger partial charge on any atom is 0.336 e. The van der Waals surface area contributed by atoms with Gasteiger partial charge in [0.05, 0.1) is 5.92 Å². The summed E-state index contributed by atoms with van der Waals surface area (Å²) in [5, 5.41) is 0.741.